The van der Waals surface area contributed by atoms with Gasteiger partial charge in [-0.3, -0.25) is 24.5 Å². The van der Waals surface area contributed by atoms with Crippen LogP contribution in [0.5, 0.6) is 0 Å². The summed E-state index contributed by atoms with van der Waals surface area (Å²) in [7, 11) is 0. The third kappa shape index (κ3) is 7.79. The van der Waals surface area contributed by atoms with Crippen molar-refractivity contribution in [2.24, 2.45) is 0 Å². The minimum absolute atomic E-state index is 0.0370. The molecule has 1 unspecified atom stereocenters. The lowest BCUT2D eigenvalue weighted by atomic mass is 10.0. The molecule has 3 N–H and O–H groups in total. The zero-order chi connectivity index (χ0) is 21.2. The number of aliphatic carboxylic acids is 1. The van der Waals surface area contributed by atoms with E-state index in [-0.39, 0.29) is 30.9 Å². The van der Waals surface area contributed by atoms with Crippen LogP contribution in [0, 0.1) is 10.1 Å². The number of carboxylic acid groups (broad SMARTS) is 1. The summed E-state index contributed by atoms with van der Waals surface area (Å²) >= 11 is 0. The van der Waals surface area contributed by atoms with Gasteiger partial charge in [-0.2, -0.15) is 0 Å². The molecule has 9 heteroatoms. The standard InChI is InChI=1S/C20H21N3O6/c24-18(10-11-20(26)27)22-16(12-14-4-2-1-3-5-14)13-19(25)21-15-6-8-17(9-7-15)23(28)29/h1-9,16H,10-13H2,(H,21,25)(H,22,24)(H,26,27). The Balaban J connectivity index is 2.00. The van der Waals surface area contributed by atoms with Crippen LogP contribution in [0.3, 0.4) is 0 Å². The van der Waals surface area contributed by atoms with Crippen molar-refractivity contribution in [3.05, 3.63) is 70.3 Å². The zero-order valence-corrected chi connectivity index (χ0v) is 15.5. The fourth-order valence-corrected chi connectivity index (χ4v) is 2.70. The highest BCUT2D eigenvalue weighted by Gasteiger charge is 2.18. The Bertz CT molecular complexity index is 868. The van der Waals surface area contributed by atoms with Crippen LogP contribution in [-0.2, 0) is 20.8 Å². The number of carbonyl (C=O) groups is 3. The third-order valence-electron chi connectivity index (χ3n) is 4.05. The van der Waals surface area contributed by atoms with Crippen molar-refractivity contribution in [3.63, 3.8) is 0 Å². The van der Waals surface area contributed by atoms with Crippen molar-refractivity contribution >= 4 is 29.2 Å². The predicted octanol–water partition coefficient (Wildman–Crippen LogP) is 2.52. The van der Waals surface area contributed by atoms with Gasteiger partial charge >= 0.3 is 5.97 Å². The molecule has 0 saturated heterocycles. The molecule has 2 amide bonds. The Hall–Kier alpha value is -3.75. The molecule has 0 aromatic heterocycles. The van der Waals surface area contributed by atoms with E-state index in [1.165, 1.54) is 24.3 Å². The fraction of sp³-hybridized carbons (Fsp3) is 0.250. The van der Waals surface area contributed by atoms with Crippen LogP contribution in [0.2, 0.25) is 0 Å². The molecule has 0 heterocycles. The number of nitro groups is 1. The van der Waals surface area contributed by atoms with Crippen molar-refractivity contribution in [2.45, 2.75) is 31.7 Å². The Kier molecular flexibility index (Phi) is 7.84. The minimum atomic E-state index is -1.07. The van der Waals surface area contributed by atoms with Gasteiger partial charge in [0.15, 0.2) is 0 Å². The summed E-state index contributed by atoms with van der Waals surface area (Å²) in [5, 5.41) is 24.8. The molecular formula is C20H21N3O6. The molecular weight excluding hydrogens is 378 g/mol. The second kappa shape index (κ2) is 10.5. The Labute approximate surface area is 166 Å². The van der Waals surface area contributed by atoms with Gasteiger partial charge in [0.2, 0.25) is 11.8 Å². The SMILES string of the molecule is O=C(O)CCC(=O)NC(CC(=O)Nc1ccc([N+](=O)[O-])cc1)Cc1ccccc1. The number of amides is 2. The first-order valence-electron chi connectivity index (χ1n) is 8.93. The maximum Gasteiger partial charge on any atom is 0.303 e. The predicted molar refractivity (Wildman–Crippen MR) is 105 cm³/mol. The largest absolute Gasteiger partial charge is 0.481 e. The van der Waals surface area contributed by atoms with Gasteiger partial charge in [0.05, 0.1) is 11.3 Å². The normalized spacial score (nSPS) is 11.3. The average Bonchev–Trinajstić information content (AvgIpc) is 2.67. The van der Waals surface area contributed by atoms with E-state index in [2.05, 4.69) is 10.6 Å². The van der Waals surface area contributed by atoms with Gasteiger partial charge < -0.3 is 15.7 Å². The number of hydrogen-bond donors (Lipinski definition) is 3. The molecule has 0 saturated carbocycles. The molecule has 152 valence electrons. The Morgan fingerprint density at radius 3 is 2.21 bits per heavy atom. The Morgan fingerprint density at radius 1 is 0.966 bits per heavy atom. The van der Waals surface area contributed by atoms with Crippen LogP contribution in [0.25, 0.3) is 0 Å². The van der Waals surface area contributed by atoms with Gasteiger partial charge in [-0.05, 0) is 24.1 Å². The molecule has 9 nitrogen and oxygen atoms in total. The number of nitrogens with zero attached hydrogens (tertiary/aromatic N) is 1. The molecule has 0 aliphatic rings. The average molecular weight is 399 g/mol. The summed E-state index contributed by atoms with van der Waals surface area (Å²) in [4.78, 5) is 45.2. The number of anilines is 1. The second-order valence-corrected chi connectivity index (χ2v) is 6.40. The van der Waals surface area contributed by atoms with Crippen LogP contribution < -0.4 is 10.6 Å². The Morgan fingerprint density at radius 2 is 1.62 bits per heavy atom. The van der Waals surface area contributed by atoms with E-state index in [4.69, 9.17) is 5.11 Å². The number of carboxylic acids is 1. The molecule has 2 aromatic rings. The monoisotopic (exact) mass is 399 g/mol. The van der Waals surface area contributed by atoms with E-state index in [1.54, 1.807) is 0 Å². The number of hydrogen-bond acceptors (Lipinski definition) is 5. The molecule has 2 rings (SSSR count). The lowest BCUT2D eigenvalue weighted by molar-refractivity contribution is -0.384. The lowest BCUT2D eigenvalue weighted by Gasteiger charge is -2.19. The smallest absolute Gasteiger partial charge is 0.303 e. The topological polar surface area (TPSA) is 139 Å². The summed E-state index contributed by atoms with van der Waals surface area (Å²) in [6, 6.07) is 14.2. The van der Waals surface area contributed by atoms with E-state index in [0.717, 1.165) is 5.56 Å². The molecule has 2 aromatic carbocycles. The molecule has 0 aliphatic carbocycles. The number of non-ortho nitro benzene ring substituents is 1. The lowest BCUT2D eigenvalue weighted by Crippen LogP contribution is -2.39. The molecule has 0 aliphatic heterocycles. The summed E-state index contributed by atoms with van der Waals surface area (Å²) in [6.07, 6.45) is -0.110. The van der Waals surface area contributed by atoms with Gasteiger partial charge in [-0.1, -0.05) is 30.3 Å². The van der Waals surface area contributed by atoms with Crippen LogP contribution in [-0.4, -0.2) is 33.9 Å². The van der Waals surface area contributed by atoms with E-state index < -0.39 is 22.8 Å². The van der Waals surface area contributed by atoms with Crippen LogP contribution >= 0.6 is 0 Å². The minimum Gasteiger partial charge on any atom is -0.481 e. The van der Waals surface area contributed by atoms with E-state index in [0.29, 0.717) is 12.1 Å². The van der Waals surface area contributed by atoms with Gasteiger partial charge in [-0.25, -0.2) is 0 Å². The highest BCUT2D eigenvalue weighted by Crippen LogP contribution is 2.16. The molecule has 0 bridgehead atoms. The molecule has 0 spiro atoms. The maximum absolute atomic E-state index is 12.4. The van der Waals surface area contributed by atoms with E-state index in [1.807, 2.05) is 30.3 Å². The fourth-order valence-electron chi connectivity index (χ4n) is 2.70. The summed E-state index contributed by atoms with van der Waals surface area (Å²) in [5.74, 6) is -1.90. The van der Waals surface area contributed by atoms with Crippen molar-refractivity contribution in [3.8, 4) is 0 Å². The number of nitrogens with one attached hydrogen (secondary N) is 2. The van der Waals surface area contributed by atoms with E-state index in [9.17, 15) is 24.5 Å². The highest BCUT2D eigenvalue weighted by atomic mass is 16.6. The van der Waals surface area contributed by atoms with Crippen LogP contribution in [0.15, 0.2) is 54.6 Å². The summed E-state index contributed by atoms with van der Waals surface area (Å²) in [5.41, 5.74) is 1.23. The summed E-state index contributed by atoms with van der Waals surface area (Å²) in [6.45, 7) is 0. The summed E-state index contributed by atoms with van der Waals surface area (Å²) < 4.78 is 0. The van der Waals surface area contributed by atoms with Gasteiger partial charge in [0.1, 0.15) is 0 Å². The van der Waals surface area contributed by atoms with Crippen molar-refractivity contribution in [1.82, 2.24) is 5.32 Å². The number of benzene rings is 2. The van der Waals surface area contributed by atoms with Crippen LogP contribution in [0.1, 0.15) is 24.8 Å². The number of nitro benzene ring substituents is 1. The maximum atomic E-state index is 12.4. The second-order valence-electron chi connectivity index (χ2n) is 6.40. The first-order chi connectivity index (χ1) is 13.8. The molecule has 0 fully saturated rings. The van der Waals surface area contributed by atoms with Crippen molar-refractivity contribution < 1.29 is 24.4 Å². The first-order valence-corrected chi connectivity index (χ1v) is 8.93. The highest BCUT2D eigenvalue weighted by molar-refractivity contribution is 5.91. The third-order valence-corrected chi connectivity index (χ3v) is 4.05. The first kappa shape index (κ1) is 21.5. The quantitative estimate of drug-likeness (QED) is 0.414. The van der Waals surface area contributed by atoms with Crippen molar-refractivity contribution in [2.75, 3.05) is 5.32 Å². The number of rotatable bonds is 10. The van der Waals surface area contributed by atoms with Gasteiger partial charge in [-0.15, -0.1) is 0 Å². The molecule has 0 radical (unpaired) electrons. The number of carbonyl (C=O) groups excluding carboxylic acids is 2. The zero-order valence-electron chi connectivity index (χ0n) is 15.5. The van der Waals surface area contributed by atoms with E-state index >= 15 is 0 Å². The van der Waals surface area contributed by atoms with Gasteiger partial charge in [0, 0.05) is 36.7 Å². The molecule has 1 atom stereocenters. The molecule has 29 heavy (non-hydrogen) atoms. The van der Waals surface area contributed by atoms with Gasteiger partial charge in [0.25, 0.3) is 5.69 Å². The van der Waals surface area contributed by atoms with Crippen LogP contribution in [0.4, 0.5) is 11.4 Å². The van der Waals surface area contributed by atoms with Crippen molar-refractivity contribution in [1.29, 1.82) is 0 Å².